The average molecular weight is 228 g/mol. The Labute approximate surface area is 101 Å². The van der Waals surface area contributed by atoms with E-state index in [1.807, 2.05) is 0 Å². The molecule has 1 aliphatic carbocycles. The lowest BCUT2D eigenvalue weighted by Crippen LogP contribution is -2.45. The fourth-order valence-corrected chi connectivity index (χ4v) is 2.31. The van der Waals surface area contributed by atoms with Gasteiger partial charge in [0.25, 0.3) is 0 Å². The van der Waals surface area contributed by atoms with Crippen molar-refractivity contribution < 1.29 is 4.74 Å². The summed E-state index contributed by atoms with van der Waals surface area (Å²) in [5.41, 5.74) is 0. The van der Waals surface area contributed by atoms with Crippen LogP contribution in [0.3, 0.4) is 0 Å². The van der Waals surface area contributed by atoms with E-state index in [1.165, 1.54) is 12.8 Å². The first-order chi connectivity index (χ1) is 7.69. The van der Waals surface area contributed by atoms with Crippen LogP contribution in [0.5, 0.6) is 0 Å². The third-order valence-corrected chi connectivity index (χ3v) is 3.52. The number of ether oxygens (including phenoxy) is 1. The molecule has 1 N–H and O–H groups in total. The van der Waals surface area contributed by atoms with Gasteiger partial charge in [0.15, 0.2) is 0 Å². The smallest absolute Gasteiger partial charge is 0.0589 e. The largest absolute Gasteiger partial charge is 0.383 e. The predicted octanol–water partition coefficient (Wildman–Crippen LogP) is 1.73. The van der Waals surface area contributed by atoms with Crippen LogP contribution in [0.25, 0.3) is 0 Å². The van der Waals surface area contributed by atoms with E-state index in [9.17, 15) is 0 Å². The molecular weight excluding hydrogens is 200 g/mol. The van der Waals surface area contributed by atoms with Crippen molar-refractivity contribution in [1.82, 2.24) is 10.2 Å². The molecular formula is C13H28N2O. The second kappa shape index (κ2) is 7.25. The van der Waals surface area contributed by atoms with Crippen molar-refractivity contribution in [1.29, 1.82) is 0 Å². The van der Waals surface area contributed by atoms with Gasteiger partial charge in [-0.25, -0.2) is 0 Å². The summed E-state index contributed by atoms with van der Waals surface area (Å²) in [7, 11) is 1.79. The Morgan fingerprint density at radius 1 is 1.38 bits per heavy atom. The lowest BCUT2D eigenvalue weighted by Gasteiger charge is -2.31. The fourth-order valence-electron chi connectivity index (χ4n) is 2.31. The van der Waals surface area contributed by atoms with Gasteiger partial charge in [-0.3, -0.25) is 4.90 Å². The number of likely N-dealkylation sites (N-methyl/N-ethyl adjacent to an activating group) is 1. The molecule has 16 heavy (non-hydrogen) atoms. The maximum absolute atomic E-state index is 5.20. The molecule has 1 aliphatic rings. The summed E-state index contributed by atoms with van der Waals surface area (Å²) >= 11 is 0. The van der Waals surface area contributed by atoms with Gasteiger partial charge in [-0.2, -0.15) is 0 Å². The van der Waals surface area contributed by atoms with Gasteiger partial charge in [0.05, 0.1) is 6.61 Å². The molecule has 1 fully saturated rings. The summed E-state index contributed by atoms with van der Waals surface area (Å²) in [5, 5.41) is 3.48. The van der Waals surface area contributed by atoms with Crippen molar-refractivity contribution in [2.24, 2.45) is 5.92 Å². The second-order valence-corrected chi connectivity index (χ2v) is 5.02. The zero-order chi connectivity index (χ0) is 12.0. The van der Waals surface area contributed by atoms with Crippen LogP contribution < -0.4 is 5.32 Å². The van der Waals surface area contributed by atoms with Crippen LogP contribution in [0.4, 0.5) is 0 Å². The molecule has 96 valence electrons. The molecule has 0 aromatic carbocycles. The summed E-state index contributed by atoms with van der Waals surface area (Å²) in [6, 6.07) is 1.29. The maximum Gasteiger partial charge on any atom is 0.0589 e. The molecule has 0 bridgehead atoms. The van der Waals surface area contributed by atoms with E-state index >= 15 is 0 Å². The van der Waals surface area contributed by atoms with Crippen LogP contribution >= 0.6 is 0 Å². The molecule has 0 radical (unpaired) electrons. The number of hydrogen-bond donors (Lipinski definition) is 1. The van der Waals surface area contributed by atoms with Crippen molar-refractivity contribution in [3.05, 3.63) is 0 Å². The Hall–Kier alpha value is -0.120. The van der Waals surface area contributed by atoms with Gasteiger partial charge >= 0.3 is 0 Å². The Morgan fingerprint density at radius 3 is 2.56 bits per heavy atom. The van der Waals surface area contributed by atoms with E-state index in [0.29, 0.717) is 6.04 Å². The van der Waals surface area contributed by atoms with Crippen LogP contribution in [-0.4, -0.2) is 50.3 Å². The summed E-state index contributed by atoms with van der Waals surface area (Å²) < 4.78 is 5.20. The molecule has 3 nitrogen and oxygen atoms in total. The molecule has 3 heteroatoms. The summed E-state index contributed by atoms with van der Waals surface area (Å²) in [4.78, 5) is 2.58. The molecule has 2 unspecified atom stereocenters. The highest BCUT2D eigenvalue weighted by Gasteiger charge is 2.32. The predicted molar refractivity (Wildman–Crippen MR) is 68.8 cm³/mol. The highest BCUT2D eigenvalue weighted by atomic mass is 16.5. The van der Waals surface area contributed by atoms with Gasteiger partial charge in [0, 0.05) is 32.3 Å². The number of nitrogens with zero attached hydrogens (tertiary/aromatic N) is 1. The Bertz CT molecular complexity index is 183. The molecule has 0 amide bonds. The Morgan fingerprint density at radius 2 is 2.06 bits per heavy atom. The Kier molecular flexibility index (Phi) is 6.32. The SMILES string of the molecule is CCNC(C)CN(CCOC)C(C)C1CC1. The average Bonchev–Trinajstić information content (AvgIpc) is 3.07. The van der Waals surface area contributed by atoms with E-state index < -0.39 is 0 Å². The standard InChI is InChI=1S/C13H28N2O/c1-5-14-11(2)10-15(8-9-16-4)12(3)13-6-7-13/h11-14H,5-10H2,1-4H3. The molecule has 0 spiro atoms. The third kappa shape index (κ3) is 4.81. The van der Waals surface area contributed by atoms with Gasteiger partial charge in [0.1, 0.15) is 0 Å². The quantitative estimate of drug-likeness (QED) is 0.650. The zero-order valence-corrected chi connectivity index (χ0v) is 11.3. The lowest BCUT2D eigenvalue weighted by molar-refractivity contribution is 0.110. The molecule has 0 saturated heterocycles. The second-order valence-electron chi connectivity index (χ2n) is 5.02. The van der Waals surface area contributed by atoms with Crippen molar-refractivity contribution in [3.63, 3.8) is 0 Å². The number of methoxy groups -OCH3 is 1. The van der Waals surface area contributed by atoms with Crippen molar-refractivity contribution in [3.8, 4) is 0 Å². The summed E-state index contributed by atoms with van der Waals surface area (Å²) in [6.07, 6.45) is 2.83. The summed E-state index contributed by atoms with van der Waals surface area (Å²) in [5.74, 6) is 0.936. The van der Waals surface area contributed by atoms with Gasteiger partial charge in [-0.15, -0.1) is 0 Å². The summed E-state index contributed by atoms with van der Waals surface area (Å²) in [6.45, 7) is 10.9. The van der Waals surface area contributed by atoms with Crippen LogP contribution in [0, 0.1) is 5.92 Å². The molecule has 0 aliphatic heterocycles. The topological polar surface area (TPSA) is 24.5 Å². The van der Waals surface area contributed by atoms with Crippen LogP contribution in [0.15, 0.2) is 0 Å². The lowest BCUT2D eigenvalue weighted by atomic mass is 10.1. The van der Waals surface area contributed by atoms with Crippen molar-refractivity contribution in [2.45, 2.75) is 45.7 Å². The number of nitrogens with one attached hydrogen (secondary N) is 1. The maximum atomic E-state index is 5.20. The van der Waals surface area contributed by atoms with Gasteiger partial charge in [-0.1, -0.05) is 6.92 Å². The van der Waals surface area contributed by atoms with E-state index in [2.05, 4.69) is 31.0 Å². The minimum Gasteiger partial charge on any atom is -0.383 e. The molecule has 0 aromatic rings. The van der Waals surface area contributed by atoms with Crippen LogP contribution in [0.2, 0.25) is 0 Å². The molecule has 1 saturated carbocycles. The van der Waals surface area contributed by atoms with E-state index in [1.54, 1.807) is 7.11 Å². The molecule has 1 rings (SSSR count). The number of rotatable bonds is 9. The highest BCUT2D eigenvalue weighted by Crippen LogP contribution is 2.35. The van der Waals surface area contributed by atoms with Crippen LogP contribution in [0.1, 0.15) is 33.6 Å². The molecule has 0 aromatic heterocycles. The molecule has 0 heterocycles. The van der Waals surface area contributed by atoms with E-state index in [4.69, 9.17) is 4.74 Å². The number of hydrogen-bond acceptors (Lipinski definition) is 3. The van der Waals surface area contributed by atoms with Gasteiger partial charge in [0.2, 0.25) is 0 Å². The minimum atomic E-state index is 0.572. The minimum absolute atomic E-state index is 0.572. The van der Waals surface area contributed by atoms with E-state index in [0.717, 1.165) is 38.2 Å². The third-order valence-electron chi connectivity index (χ3n) is 3.52. The first-order valence-corrected chi connectivity index (χ1v) is 6.65. The molecule has 2 atom stereocenters. The van der Waals surface area contributed by atoms with Crippen LogP contribution in [-0.2, 0) is 4.74 Å². The normalized spacial score (nSPS) is 20.1. The monoisotopic (exact) mass is 228 g/mol. The first-order valence-electron chi connectivity index (χ1n) is 6.65. The first kappa shape index (κ1) is 13.9. The van der Waals surface area contributed by atoms with Gasteiger partial charge in [-0.05, 0) is 39.2 Å². The van der Waals surface area contributed by atoms with Crippen molar-refractivity contribution in [2.75, 3.05) is 33.4 Å². The van der Waals surface area contributed by atoms with E-state index in [-0.39, 0.29) is 0 Å². The zero-order valence-electron chi connectivity index (χ0n) is 11.3. The fraction of sp³-hybridized carbons (Fsp3) is 1.00. The van der Waals surface area contributed by atoms with Gasteiger partial charge < -0.3 is 10.1 Å². The highest BCUT2D eigenvalue weighted by molar-refractivity contribution is 4.86. The van der Waals surface area contributed by atoms with Crippen molar-refractivity contribution >= 4 is 0 Å². The Balaban J connectivity index is 2.35.